The van der Waals surface area contributed by atoms with E-state index in [0.717, 1.165) is 0 Å². The van der Waals surface area contributed by atoms with Crippen molar-refractivity contribution in [1.82, 2.24) is 0 Å². The van der Waals surface area contributed by atoms with Crippen LogP contribution in [0.15, 0.2) is 0 Å². The van der Waals surface area contributed by atoms with Crippen molar-refractivity contribution in [1.29, 1.82) is 0 Å². The lowest BCUT2D eigenvalue weighted by Gasteiger charge is -2.38. The molecule has 12 heavy (non-hydrogen) atoms. The Balaban J connectivity index is 2.63. The van der Waals surface area contributed by atoms with Gasteiger partial charge >= 0.3 is 0 Å². The molecule has 0 spiro atoms. The number of hydrogen-bond acceptors (Lipinski definition) is 4. The number of aliphatic hydroxyl groups excluding tert-OH is 3. The molecule has 0 aromatic heterocycles. The smallest absolute Gasteiger partial charge is 0.106 e. The van der Waals surface area contributed by atoms with E-state index in [4.69, 9.17) is 5.73 Å². The summed E-state index contributed by atoms with van der Waals surface area (Å²) in [6.45, 7) is 2.21. The zero-order valence-electron chi connectivity index (χ0n) is 7.22. The van der Waals surface area contributed by atoms with Crippen LogP contribution in [0.1, 0.15) is 13.3 Å². The summed E-state index contributed by atoms with van der Waals surface area (Å²) < 4.78 is 0. The van der Waals surface area contributed by atoms with Crippen LogP contribution in [0.5, 0.6) is 0 Å². The van der Waals surface area contributed by atoms with Crippen molar-refractivity contribution >= 4 is 0 Å². The van der Waals surface area contributed by atoms with E-state index >= 15 is 0 Å². The van der Waals surface area contributed by atoms with E-state index in [1.54, 1.807) is 0 Å². The highest BCUT2D eigenvalue weighted by atomic mass is 16.4. The lowest BCUT2D eigenvalue weighted by atomic mass is 9.76. The Kier molecular flexibility index (Phi) is 3.06. The van der Waals surface area contributed by atoms with E-state index in [1.807, 2.05) is 6.92 Å². The van der Waals surface area contributed by atoms with Gasteiger partial charge in [-0.1, -0.05) is 6.92 Å². The van der Waals surface area contributed by atoms with Crippen molar-refractivity contribution in [3.63, 3.8) is 0 Å². The van der Waals surface area contributed by atoms with E-state index in [-0.39, 0.29) is 11.8 Å². The van der Waals surface area contributed by atoms with Crippen LogP contribution in [0.3, 0.4) is 0 Å². The second-order valence-corrected chi connectivity index (χ2v) is 3.68. The quantitative estimate of drug-likeness (QED) is 0.398. The minimum Gasteiger partial charge on any atom is -0.390 e. The molecule has 1 rings (SSSR count). The summed E-state index contributed by atoms with van der Waals surface area (Å²) in [4.78, 5) is 0. The predicted molar refractivity (Wildman–Crippen MR) is 44.3 cm³/mol. The first-order valence-corrected chi connectivity index (χ1v) is 4.32. The van der Waals surface area contributed by atoms with Crippen molar-refractivity contribution < 1.29 is 15.3 Å². The fourth-order valence-electron chi connectivity index (χ4n) is 1.81. The van der Waals surface area contributed by atoms with Gasteiger partial charge in [0, 0.05) is 5.92 Å². The average Bonchev–Trinajstić information content (AvgIpc) is 2.08. The lowest BCUT2D eigenvalue weighted by molar-refractivity contribution is -0.129. The maximum absolute atomic E-state index is 9.44. The van der Waals surface area contributed by atoms with E-state index < -0.39 is 18.3 Å². The highest BCUT2D eigenvalue weighted by Gasteiger charge is 2.39. The Hall–Kier alpha value is -0.160. The molecule has 0 aromatic carbocycles. The van der Waals surface area contributed by atoms with E-state index in [2.05, 4.69) is 0 Å². The highest BCUT2D eigenvalue weighted by molar-refractivity contribution is 4.90. The largest absolute Gasteiger partial charge is 0.390 e. The summed E-state index contributed by atoms with van der Waals surface area (Å²) >= 11 is 0. The zero-order chi connectivity index (χ0) is 9.30. The van der Waals surface area contributed by atoms with Gasteiger partial charge in [0.05, 0.1) is 12.2 Å². The van der Waals surface area contributed by atoms with Crippen molar-refractivity contribution in [2.75, 3.05) is 6.54 Å². The Morgan fingerprint density at radius 3 is 2.25 bits per heavy atom. The molecule has 0 saturated heterocycles. The van der Waals surface area contributed by atoms with Crippen LogP contribution in [-0.2, 0) is 0 Å². The third-order valence-electron chi connectivity index (χ3n) is 2.74. The molecule has 0 radical (unpaired) electrons. The van der Waals surface area contributed by atoms with Crippen LogP contribution in [0.4, 0.5) is 0 Å². The summed E-state index contributed by atoms with van der Waals surface area (Å²) in [5.41, 5.74) is 5.41. The molecule has 0 amide bonds. The van der Waals surface area contributed by atoms with Crippen LogP contribution < -0.4 is 5.73 Å². The van der Waals surface area contributed by atoms with Gasteiger partial charge in [-0.2, -0.15) is 0 Å². The molecule has 5 N–H and O–H groups in total. The van der Waals surface area contributed by atoms with Crippen molar-refractivity contribution in [3.05, 3.63) is 0 Å². The Labute approximate surface area is 72.0 Å². The number of hydrogen-bond donors (Lipinski definition) is 4. The summed E-state index contributed by atoms with van der Waals surface area (Å²) in [6, 6.07) is 0. The molecule has 0 aromatic rings. The standard InChI is InChI=1S/C8H17NO3/c1-4-2-5(3-9)7(11)8(12)6(4)10/h4-8,10-12H,2-3,9H2,1H3/t4?,5-,6-,7-,8?/m0/s1. The molecular weight excluding hydrogens is 158 g/mol. The van der Waals surface area contributed by atoms with Crippen LogP contribution >= 0.6 is 0 Å². The molecule has 1 saturated carbocycles. The first-order valence-electron chi connectivity index (χ1n) is 4.32. The first kappa shape index (κ1) is 9.92. The number of nitrogens with two attached hydrogens (primary N) is 1. The Bertz CT molecular complexity index is 148. The van der Waals surface area contributed by atoms with Gasteiger partial charge in [0.25, 0.3) is 0 Å². The summed E-state index contributed by atoms with van der Waals surface area (Å²) in [5, 5.41) is 28.2. The van der Waals surface area contributed by atoms with Gasteiger partial charge in [-0.05, 0) is 18.9 Å². The number of aliphatic hydroxyl groups is 3. The second kappa shape index (κ2) is 3.70. The van der Waals surface area contributed by atoms with Crippen molar-refractivity contribution in [2.45, 2.75) is 31.7 Å². The van der Waals surface area contributed by atoms with Crippen molar-refractivity contribution in [2.24, 2.45) is 17.6 Å². The van der Waals surface area contributed by atoms with Crippen LogP contribution in [0.25, 0.3) is 0 Å². The molecular formula is C8H17NO3. The zero-order valence-corrected chi connectivity index (χ0v) is 7.22. The van der Waals surface area contributed by atoms with Gasteiger partial charge in [-0.3, -0.25) is 0 Å². The first-order chi connectivity index (χ1) is 5.57. The van der Waals surface area contributed by atoms with Gasteiger partial charge in [0.2, 0.25) is 0 Å². The van der Waals surface area contributed by atoms with E-state index in [9.17, 15) is 15.3 Å². The SMILES string of the molecule is CC1C[C@@H](CN)[C@H](O)C(O)[C@H]1O. The molecule has 1 aliphatic carbocycles. The number of rotatable bonds is 1. The van der Waals surface area contributed by atoms with Crippen LogP contribution in [-0.4, -0.2) is 40.2 Å². The minimum absolute atomic E-state index is 0.0111. The maximum atomic E-state index is 9.44. The van der Waals surface area contributed by atoms with Gasteiger partial charge in [0.15, 0.2) is 0 Å². The minimum atomic E-state index is -1.04. The topological polar surface area (TPSA) is 86.7 Å². The molecule has 72 valence electrons. The molecule has 2 unspecified atom stereocenters. The fraction of sp³-hybridized carbons (Fsp3) is 1.00. The molecule has 0 heterocycles. The molecule has 4 nitrogen and oxygen atoms in total. The molecule has 1 aliphatic rings. The van der Waals surface area contributed by atoms with Gasteiger partial charge < -0.3 is 21.1 Å². The van der Waals surface area contributed by atoms with Crippen LogP contribution in [0, 0.1) is 11.8 Å². The molecule has 4 heteroatoms. The summed E-state index contributed by atoms with van der Waals surface area (Å²) in [7, 11) is 0. The maximum Gasteiger partial charge on any atom is 0.106 e. The average molecular weight is 175 g/mol. The summed E-state index contributed by atoms with van der Waals surface area (Å²) in [5.74, 6) is -0.0738. The molecule has 5 atom stereocenters. The van der Waals surface area contributed by atoms with Crippen LogP contribution in [0.2, 0.25) is 0 Å². The monoisotopic (exact) mass is 175 g/mol. The van der Waals surface area contributed by atoms with Crippen molar-refractivity contribution in [3.8, 4) is 0 Å². The second-order valence-electron chi connectivity index (χ2n) is 3.68. The van der Waals surface area contributed by atoms with E-state index in [0.29, 0.717) is 13.0 Å². The highest BCUT2D eigenvalue weighted by Crippen LogP contribution is 2.28. The summed E-state index contributed by atoms with van der Waals surface area (Å²) in [6.07, 6.45) is -2.05. The van der Waals surface area contributed by atoms with E-state index in [1.165, 1.54) is 0 Å². The Morgan fingerprint density at radius 2 is 1.75 bits per heavy atom. The molecule has 1 fully saturated rings. The third-order valence-corrected chi connectivity index (χ3v) is 2.74. The van der Waals surface area contributed by atoms with Gasteiger partial charge in [-0.15, -0.1) is 0 Å². The lowest BCUT2D eigenvalue weighted by Crippen LogP contribution is -2.52. The molecule has 0 bridgehead atoms. The normalized spacial score (nSPS) is 49.2. The predicted octanol–water partition coefficient (Wildman–Crippen LogP) is -1.32. The van der Waals surface area contributed by atoms with Gasteiger partial charge in [0.1, 0.15) is 6.10 Å². The third kappa shape index (κ3) is 1.61. The Morgan fingerprint density at radius 1 is 1.17 bits per heavy atom. The fourth-order valence-corrected chi connectivity index (χ4v) is 1.81. The van der Waals surface area contributed by atoms with Gasteiger partial charge in [-0.25, -0.2) is 0 Å². The molecule has 0 aliphatic heterocycles.